The first kappa shape index (κ1) is 13.4. The van der Waals surface area contributed by atoms with E-state index in [-0.39, 0.29) is 5.56 Å². The first-order valence-electron chi connectivity index (χ1n) is 6.78. The van der Waals surface area contributed by atoms with E-state index in [1.807, 2.05) is 18.3 Å². The fourth-order valence-electron chi connectivity index (χ4n) is 2.05. The minimum absolute atomic E-state index is 0.0652. The Kier molecular flexibility index (Phi) is 4.78. The third-order valence-electron chi connectivity index (χ3n) is 3.03. The highest BCUT2D eigenvalue weighted by Gasteiger charge is 1.98. The molecule has 1 heterocycles. The van der Waals surface area contributed by atoms with Crippen molar-refractivity contribution in [3.8, 4) is 0 Å². The van der Waals surface area contributed by atoms with Crippen LogP contribution in [0.15, 0.2) is 53.5 Å². The summed E-state index contributed by atoms with van der Waals surface area (Å²) in [7, 11) is 0. The average molecular weight is 256 g/mol. The highest BCUT2D eigenvalue weighted by atomic mass is 16.1. The van der Waals surface area contributed by atoms with Gasteiger partial charge in [-0.15, -0.1) is 0 Å². The van der Waals surface area contributed by atoms with Gasteiger partial charge >= 0.3 is 0 Å². The molecule has 0 saturated carbocycles. The Balaban J connectivity index is 1.93. The van der Waals surface area contributed by atoms with Crippen LogP contribution >= 0.6 is 0 Å². The number of nitrogens with one attached hydrogen (secondary N) is 1. The van der Waals surface area contributed by atoms with Crippen LogP contribution in [0.25, 0.3) is 0 Å². The summed E-state index contributed by atoms with van der Waals surface area (Å²) in [5.74, 6) is 0. The summed E-state index contributed by atoms with van der Waals surface area (Å²) in [6.07, 6.45) is 3.85. The van der Waals surface area contributed by atoms with Crippen LogP contribution in [0.3, 0.4) is 0 Å². The SMILES string of the molecule is CCCn1cc(NCCc2ccccc2)ccc1=O. The molecule has 0 aliphatic heterocycles. The third kappa shape index (κ3) is 3.98. The number of pyridine rings is 1. The summed E-state index contributed by atoms with van der Waals surface area (Å²) < 4.78 is 1.75. The smallest absolute Gasteiger partial charge is 0.250 e. The number of hydrogen-bond donors (Lipinski definition) is 1. The second-order valence-electron chi connectivity index (χ2n) is 4.61. The molecule has 0 bridgehead atoms. The monoisotopic (exact) mass is 256 g/mol. The van der Waals surface area contributed by atoms with Gasteiger partial charge in [-0.05, 0) is 24.5 Å². The van der Waals surface area contributed by atoms with Gasteiger partial charge in [-0.2, -0.15) is 0 Å². The van der Waals surface area contributed by atoms with Gasteiger partial charge in [0.05, 0.1) is 5.69 Å². The van der Waals surface area contributed by atoms with E-state index in [2.05, 4.69) is 36.5 Å². The summed E-state index contributed by atoms with van der Waals surface area (Å²) in [6, 6.07) is 13.9. The number of hydrogen-bond acceptors (Lipinski definition) is 2. The van der Waals surface area contributed by atoms with E-state index >= 15 is 0 Å². The van der Waals surface area contributed by atoms with Crippen LogP contribution in [-0.4, -0.2) is 11.1 Å². The van der Waals surface area contributed by atoms with Gasteiger partial charge < -0.3 is 9.88 Å². The fraction of sp³-hybridized carbons (Fsp3) is 0.312. The molecule has 1 aromatic heterocycles. The van der Waals surface area contributed by atoms with Crippen molar-refractivity contribution in [2.75, 3.05) is 11.9 Å². The molecule has 0 saturated heterocycles. The van der Waals surface area contributed by atoms with E-state index in [0.717, 1.165) is 31.6 Å². The number of rotatable bonds is 6. The zero-order valence-corrected chi connectivity index (χ0v) is 11.3. The zero-order chi connectivity index (χ0) is 13.5. The topological polar surface area (TPSA) is 34.0 Å². The summed E-state index contributed by atoms with van der Waals surface area (Å²) in [4.78, 5) is 11.6. The molecule has 19 heavy (non-hydrogen) atoms. The van der Waals surface area contributed by atoms with E-state index in [1.165, 1.54) is 5.56 Å². The van der Waals surface area contributed by atoms with E-state index in [4.69, 9.17) is 0 Å². The molecule has 3 heteroatoms. The van der Waals surface area contributed by atoms with E-state index in [9.17, 15) is 4.79 Å². The van der Waals surface area contributed by atoms with Crippen molar-refractivity contribution in [3.63, 3.8) is 0 Å². The van der Waals surface area contributed by atoms with Crippen LogP contribution in [0.4, 0.5) is 5.69 Å². The minimum atomic E-state index is 0.0652. The summed E-state index contributed by atoms with van der Waals surface area (Å²) in [6.45, 7) is 3.71. The van der Waals surface area contributed by atoms with Crippen molar-refractivity contribution in [3.05, 3.63) is 64.6 Å². The molecule has 2 aromatic rings. The Bertz CT molecular complexity index is 560. The van der Waals surface area contributed by atoms with Crippen LogP contribution < -0.4 is 10.9 Å². The van der Waals surface area contributed by atoms with Gasteiger partial charge in [0.2, 0.25) is 0 Å². The minimum Gasteiger partial charge on any atom is -0.384 e. The molecule has 1 N–H and O–H groups in total. The molecule has 0 aliphatic carbocycles. The van der Waals surface area contributed by atoms with Crippen molar-refractivity contribution in [2.24, 2.45) is 0 Å². The van der Waals surface area contributed by atoms with Crippen LogP contribution in [0, 0.1) is 0 Å². The number of aryl methyl sites for hydroxylation is 1. The van der Waals surface area contributed by atoms with Gasteiger partial charge in [0, 0.05) is 25.4 Å². The van der Waals surface area contributed by atoms with Crippen LogP contribution in [0.5, 0.6) is 0 Å². The lowest BCUT2D eigenvalue weighted by Gasteiger charge is -2.09. The summed E-state index contributed by atoms with van der Waals surface area (Å²) >= 11 is 0. The molecule has 0 unspecified atom stereocenters. The number of anilines is 1. The number of benzene rings is 1. The molecule has 3 nitrogen and oxygen atoms in total. The Labute approximate surface area is 113 Å². The van der Waals surface area contributed by atoms with Crippen molar-refractivity contribution in [2.45, 2.75) is 26.3 Å². The predicted octanol–water partition coefficient (Wildman–Crippen LogP) is 2.91. The summed E-state index contributed by atoms with van der Waals surface area (Å²) in [5, 5.41) is 3.36. The van der Waals surface area contributed by atoms with E-state index in [1.54, 1.807) is 10.6 Å². The van der Waals surface area contributed by atoms with Gasteiger partial charge in [0.15, 0.2) is 0 Å². The fourth-order valence-corrected chi connectivity index (χ4v) is 2.05. The molecule has 2 rings (SSSR count). The Morgan fingerprint density at radius 1 is 1.11 bits per heavy atom. The van der Waals surface area contributed by atoms with Gasteiger partial charge in [-0.1, -0.05) is 37.3 Å². The normalized spacial score (nSPS) is 10.4. The van der Waals surface area contributed by atoms with Gasteiger partial charge in [-0.25, -0.2) is 0 Å². The zero-order valence-electron chi connectivity index (χ0n) is 11.3. The molecule has 0 spiro atoms. The van der Waals surface area contributed by atoms with Gasteiger partial charge in [0.25, 0.3) is 5.56 Å². The lowest BCUT2D eigenvalue weighted by atomic mass is 10.1. The van der Waals surface area contributed by atoms with E-state index < -0.39 is 0 Å². The van der Waals surface area contributed by atoms with Crippen molar-refractivity contribution < 1.29 is 0 Å². The van der Waals surface area contributed by atoms with Crippen molar-refractivity contribution in [1.82, 2.24) is 4.57 Å². The molecule has 0 atom stereocenters. The van der Waals surface area contributed by atoms with E-state index in [0.29, 0.717) is 0 Å². The van der Waals surface area contributed by atoms with Crippen molar-refractivity contribution in [1.29, 1.82) is 0 Å². The maximum absolute atomic E-state index is 11.6. The molecule has 0 aliphatic rings. The first-order valence-corrected chi connectivity index (χ1v) is 6.78. The van der Waals surface area contributed by atoms with Gasteiger partial charge in [0.1, 0.15) is 0 Å². The third-order valence-corrected chi connectivity index (χ3v) is 3.03. The molecule has 0 radical (unpaired) electrons. The number of nitrogens with zero attached hydrogens (tertiary/aromatic N) is 1. The van der Waals surface area contributed by atoms with Crippen LogP contribution in [0.2, 0.25) is 0 Å². The van der Waals surface area contributed by atoms with Crippen molar-refractivity contribution >= 4 is 5.69 Å². The van der Waals surface area contributed by atoms with Gasteiger partial charge in [-0.3, -0.25) is 4.79 Å². The number of aromatic nitrogens is 1. The molecule has 100 valence electrons. The first-order chi connectivity index (χ1) is 9.29. The molecule has 1 aromatic carbocycles. The maximum atomic E-state index is 11.6. The highest BCUT2D eigenvalue weighted by Crippen LogP contribution is 2.05. The Morgan fingerprint density at radius 2 is 1.89 bits per heavy atom. The predicted molar refractivity (Wildman–Crippen MR) is 79.6 cm³/mol. The van der Waals surface area contributed by atoms with Crippen LogP contribution in [0.1, 0.15) is 18.9 Å². The molecular weight excluding hydrogens is 236 g/mol. The largest absolute Gasteiger partial charge is 0.384 e. The molecule has 0 fully saturated rings. The standard InChI is InChI=1S/C16H20N2O/c1-2-12-18-13-15(8-9-16(18)19)17-11-10-14-6-4-3-5-7-14/h3-9,13,17H,2,10-12H2,1H3. The highest BCUT2D eigenvalue weighted by molar-refractivity contribution is 5.40. The lowest BCUT2D eigenvalue weighted by Crippen LogP contribution is -2.19. The Morgan fingerprint density at radius 3 is 2.63 bits per heavy atom. The molecular formula is C16H20N2O. The second kappa shape index (κ2) is 6.78. The maximum Gasteiger partial charge on any atom is 0.250 e. The average Bonchev–Trinajstić information content (AvgIpc) is 2.44. The van der Waals surface area contributed by atoms with Crippen LogP contribution in [-0.2, 0) is 13.0 Å². The summed E-state index contributed by atoms with van der Waals surface area (Å²) in [5.41, 5.74) is 2.39. The molecule has 0 amide bonds. The Hall–Kier alpha value is -2.03. The lowest BCUT2D eigenvalue weighted by molar-refractivity contribution is 0.655. The quantitative estimate of drug-likeness (QED) is 0.862. The second-order valence-corrected chi connectivity index (χ2v) is 4.61.